The number of benzene rings is 1. The SMILES string of the molecule is CC1(C)CCC(COc2ccc(N)cc2)O1. The maximum absolute atomic E-state index is 5.84. The number of anilines is 1. The maximum atomic E-state index is 5.84. The van der Waals surface area contributed by atoms with Gasteiger partial charge in [0.25, 0.3) is 0 Å². The van der Waals surface area contributed by atoms with Crippen LogP contribution in [0, 0.1) is 0 Å². The van der Waals surface area contributed by atoms with E-state index in [1.165, 1.54) is 0 Å². The second kappa shape index (κ2) is 4.34. The Labute approximate surface area is 96.5 Å². The molecule has 2 rings (SSSR count). The Morgan fingerprint density at radius 1 is 1.38 bits per heavy atom. The third-order valence-corrected chi connectivity index (χ3v) is 2.87. The van der Waals surface area contributed by atoms with E-state index in [0.717, 1.165) is 24.3 Å². The lowest BCUT2D eigenvalue weighted by Crippen LogP contribution is -2.23. The van der Waals surface area contributed by atoms with E-state index in [-0.39, 0.29) is 11.7 Å². The summed E-state index contributed by atoms with van der Waals surface area (Å²) in [5.41, 5.74) is 6.36. The molecule has 1 aromatic carbocycles. The third-order valence-electron chi connectivity index (χ3n) is 2.87. The van der Waals surface area contributed by atoms with E-state index in [2.05, 4.69) is 13.8 Å². The largest absolute Gasteiger partial charge is 0.491 e. The number of nitrogens with two attached hydrogens (primary N) is 1. The number of nitrogen functional groups attached to an aromatic ring is 1. The van der Waals surface area contributed by atoms with Crippen molar-refractivity contribution in [2.45, 2.75) is 38.4 Å². The number of hydrogen-bond donors (Lipinski definition) is 1. The van der Waals surface area contributed by atoms with Gasteiger partial charge >= 0.3 is 0 Å². The second-order valence-corrected chi connectivity index (χ2v) is 4.92. The van der Waals surface area contributed by atoms with Crippen LogP contribution in [0.25, 0.3) is 0 Å². The smallest absolute Gasteiger partial charge is 0.119 e. The molecule has 1 saturated heterocycles. The molecule has 1 aliphatic heterocycles. The van der Waals surface area contributed by atoms with Gasteiger partial charge in [-0.2, -0.15) is 0 Å². The van der Waals surface area contributed by atoms with Crippen LogP contribution in [0.5, 0.6) is 5.75 Å². The first-order valence-electron chi connectivity index (χ1n) is 5.71. The van der Waals surface area contributed by atoms with Crippen molar-refractivity contribution in [3.63, 3.8) is 0 Å². The van der Waals surface area contributed by atoms with Crippen LogP contribution in [-0.4, -0.2) is 18.3 Å². The van der Waals surface area contributed by atoms with Crippen LogP contribution in [0.3, 0.4) is 0 Å². The summed E-state index contributed by atoms with van der Waals surface area (Å²) in [5.74, 6) is 0.850. The van der Waals surface area contributed by atoms with Gasteiger partial charge in [0.15, 0.2) is 0 Å². The fourth-order valence-electron chi connectivity index (χ4n) is 1.95. The average molecular weight is 221 g/mol. The van der Waals surface area contributed by atoms with Gasteiger partial charge in [-0.3, -0.25) is 0 Å². The van der Waals surface area contributed by atoms with E-state index in [4.69, 9.17) is 15.2 Å². The molecule has 0 aromatic heterocycles. The Hall–Kier alpha value is -1.22. The highest BCUT2D eigenvalue weighted by Crippen LogP contribution is 2.29. The molecule has 16 heavy (non-hydrogen) atoms. The Morgan fingerprint density at radius 3 is 2.62 bits per heavy atom. The molecule has 3 nitrogen and oxygen atoms in total. The summed E-state index contributed by atoms with van der Waals surface area (Å²) in [6.07, 6.45) is 2.39. The van der Waals surface area contributed by atoms with Gasteiger partial charge in [0.1, 0.15) is 12.4 Å². The summed E-state index contributed by atoms with van der Waals surface area (Å²) in [6.45, 7) is 4.86. The molecule has 2 N–H and O–H groups in total. The van der Waals surface area contributed by atoms with Crippen LogP contribution in [0.15, 0.2) is 24.3 Å². The molecule has 0 spiro atoms. The molecular formula is C13H19NO2. The summed E-state index contributed by atoms with van der Waals surface area (Å²) >= 11 is 0. The van der Waals surface area contributed by atoms with E-state index in [9.17, 15) is 0 Å². The van der Waals surface area contributed by atoms with Crippen LogP contribution in [0.4, 0.5) is 5.69 Å². The van der Waals surface area contributed by atoms with Gasteiger partial charge in [-0.1, -0.05) is 0 Å². The molecule has 0 bridgehead atoms. The van der Waals surface area contributed by atoms with Gasteiger partial charge < -0.3 is 15.2 Å². The lowest BCUT2D eigenvalue weighted by molar-refractivity contribution is -0.0326. The van der Waals surface area contributed by atoms with E-state index >= 15 is 0 Å². The van der Waals surface area contributed by atoms with Crippen molar-refractivity contribution in [3.8, 4) is 5.75 Å². The summed E-state index contributed by atoms with van der Waals surface area (Å²) < 4.78 is 11.5. The number of hydrogen-bond acceptors (Lipinski definition) is 3. The van der Waals surface area contributed by atoms with Gasteiger partial charge in [0.2, 0.25) is 0 Å². The van der Waals surface area contributed by atoms with E-state index < -0.39 is 0 Å². The molecule has 0 aliphatic carbocycles. The molecule has 0 radical (unpaired) electrons. The highest BCUT2D eigenvalue weighted by atomic mass is 16.6. The summed E-state index contributed by atoms with van der Waals surface area (Å²) in [6, 6.07) is 7.45. The van der Waals surface area contributed by atoms with E-state index in [1.807, 2.05) is 24.3 Å². The second-order valence-electron chi connectivity index (χ2n) is 4.92. The van der Waals surface area contributed by atoms with Crippen molar-refractivity contribution in [1.29, 1.82) is 0 Å². The topological polar surface area (TPSA) is 44.5 Å². The molecule has 1 heterocycles. The highest BCUT2D eigenvalue weighted by Gasteiger charge is 2.31. The molecule has 0 saturated carbocycles. The first-order valence-corrected chi connectivity index (χ1v) is 5.71. The summed E-state index contributed by atoms with van der Waals surface area (Å²) in [7, 11) is 0. The molecule has 0 amide bonds. The van der Waals surface area contributed by atoms with E-state index in [0.29, 0.717) is 6.61 Å². The first kappa shape index (κ1) is 11.3. The van der Waals surface area contributed by atoms with Crippen LogP contribution in [0.2, 0.25) is 0 Å². The van der Waals surface area contributed by atoms with Gasteiger partial charge in [-0.05, 0) is 51.0 Å². The minimum atomic E-state index is 0.00907. The van der Waals surface area contributed by atoms with E-state index in [1.54, 1.807) is 0 Å². The van der Waals surface area contributed by atoms with Crippen molar-refractivity contribution in [2.75, 3.05) is 12.3 Å². The summed E-state index contributed by atoms with van der Waals surface area (Å²) in [5, 5.41) is 0. The van der Waals surface area contributed by atoms with Crippen LogP contribution in [0.1, 0.15) is 26.7 Å². The average Bonchev–Trinajstić information content (AvgIpc) is 2.58. The van der Waals surface area contributed by atoms with Crippen LogP contribution < -0.4 is 10.5 Å². The van der Waals surface area contributed by atoms with Crippen molar-refractivity contribution in [2.24, 2.45) is 0 Å². The van der Waals surface area contributed by atoms with Crippen LogP contribution in [-0.2, 0) is 4.74 Å². The Morgan fingerprint density at radius 2 is 2.06 bits per heavy atom. The molecule has 3 heteroatoms. The monoisotopic (exact) mass is 221 g/mol. The van der Waals surface area contributed by atoms with Crippen molar-refractivity contribution in [1.82, 2.24) is 0 Å². The molecular weight excluding hydrogens is 202 g/mol. The predicted octanol–water partition coefficient (Wildman–Crippen LogP) is 2.61. The Kier molecular flexibility index (Phi) is 3.06. The molecule has 1 fully saturated rings. The molecule has 1 aliphatic rings. The highest BCUT2D eigenvalue weighted by molar-refractivity contribution is 5.41. The fourth-order valence-corrected chi connectivity index (χ4v) is 1.95. The zero-order chi connectivity index (χ0) is 11.6. The molecule has 88 valence electrons. The van der Waals surface area contributed by atoms with Crippen molar-refractivity contribution in [3.05, 3.63) is 24.3 Å². The van der Waals surface area contributed by atoms with Gasteiger partial charge in [0.05, 0.1) is 11.7 Å². The molecule has 1 atom stereocenters. The quantitative estimate of drug-likeness (QED) is 0.798. The Balaban J connectivity index is 1.82. The van der Waals surface area contributed by atoms with Gasteiger partial charge in [0, 0.05) is 5.69 Å². The van der Waals surface area contributed by atoms with Crippen molar-refractivity contribution < 1.29 is 9.47 Å². The standard InChI is InChI=1S/C13H19NO2/c1-13(2)8-7-12(16-13)9-15-11-5-3-10(14)4-6-11/h3-6,12H,7-9,14H2,1-2H3. The lowest BCUT2D eigenvalue weighted by atomic mass is 10.1. The maximum Gasteiger partial charge on any atom is 0.119 e. The van der Waals surface area contributed by atoms with Gasteiger partial charge in [-0.15, -0.1) is 0 Å². The molecule has 1 aromatic rings. The number of rotatable bonds is 3. The third kappa shape index (κ3) is 2.89. The fraction of sp³-hybridized carbons (Fsp3) is 0.538. The van der Waals surface area contributed by atoms with Gasteiger partial charge in [-0.25, -0.2) is 0 Å². The zero-order valence-electron chi connectivity index (χ0n) is 9.90. The Bertz CT molecular complexity index is 345. The normalized spacial score (nSPS) is 23.2. The zero-order valence-corrected chi connectivity index (χ0v) is 9.90. The molecule has 1 unspecified atom stereocenters. The van der Waals surface area contributed by atoms with Crippen molar-refractivity contribution >= 4 is 5.69 Å². The minimum absolute atomic E-state index is 0.00907. The number of ether oxygens (including phenoxy) is 2. The van der Waals surface area contributed by atoms with Crippen LogP contribution >= 0.6 is 0 Å². The minimum Gasteiger partial charge on any atom is -0.491 e. The lowest BCUT2D eigenvalue weighted by Gasteiger charge is -2.19. The first-order chi connectivity index (χ1) is 7.55. The summed E-state index contributed by atoms with van der Waals surface area (Å²) in [4.78, 5) is 0. The predicted molar refractivity (Wildman–Crippen MR) is 64.5 cm³/mol.